The van der Waals surface area contributed by atoms with E-state index in [4.69, 9.17) is 0 Å². The van der Waals surface area contributed by atoms with Crippen molar-refractivity contribution in [3.8, 4) is 0 Å². The molecule has 1 aliphatic heterocycles. The molecule has 0 aromatic rings. The van der Waals surface area contributed by atoms with Crippen LogP contribution in [0.4, 0.5) is 9.18 Å². The Morgan fingerprint density at radius 2 is 2.44 bits per heavy atom. The third-order valence-corrected chi connectivity index (χ3v) is 2.72. The van der Waals surface area contributed by atoms with Crippen LogP contribution in [-0.4, -0.2) is 36.7 Å². The Labute approximate surface area is 94.7 Å². The van der Waals surface area contributed by atoms with E-state index in [2.05, 4.69) is 4.74 Å². The first kappa shape index (κ1) is 12.9. The van der Waals surface area contributed by atoms with E-state index in [0.717, 1.165) is 12.7 Å². The van der Waals surface area contributed by atoms with Gasteiger partial charge in [-0.3, -0.25) is 0 Å². The first-order chi connectivity index (χ1) is 7.67. The van der Waals surface area contributed by atoms with Crippen LogP contribution in [0.3, 0.4) is 0 Å². The molecule has 0 bridgehead atoms. The number of nitrogens with zero attached hydrogens (tertiary/aromatic N) is 1. The zero-order chi connectivity index (χ0) is 12.0. The number of ether oxygens (including phenoxy) is 1. The highest BCUT2D eigenvalue weighted by molar-refractivity contribution is 5.68. The SMILES string of the molecule is CCCC(F)OC(=O)N1CCC(CC=O)C1. The van der Waals surface area contributed by atoms with Crippen molar-refractivity contribution in [1.29, 1.82) is 0 Å². The molecule has 0 spiro atoms. The molecular weight excluding hydrogens is 213 g/mol. The maximum absolute atomic E-state index is 13.0. The van der Waals surface area contributed by atoms with Crippen LogP contribution in [-0.2, 0) is 9.53 Å². The van der Waals surface area contributed by atoms with Gasteiger partial charge in [0.1, 0.15) is 6.29 Å². The van der Waals surface area contributed by atoms with Crippen LogP contribution in [0.25, 0.3) is 0 Å². The molecular formula is C11H18FNO3. The second-order valence-corrected chi connectivity index (χ2v) is 4.09. The highest BCUT2D eigenvalue weighted by Crippen LogP contribution is 2.20. The number of likely N-dealkylation sites (tertiary alicyclic amines) is 1. The van der Waals surface area contributed by atoms with Crippen LogP contribution < -0.4 is 0 Å². The van der Waals surface area contributed by atoms with Gasteiger partial charge in [0.2, 0.25) is 6.36 Å². The zero-order valence-electron chi connectivity index (χ0n) is 9.52. The van der Waals surface area contributed by atoms with E-state index in [-0.39, 0.29) is 12.3 Å². The number of carbonyl (C=O) groups is 2. The van der Waals surface area contributed by atoms with Crippen LogP contribution in [0.2, 0.25) is 0 Å². The molecule has 2 atom stereocenters. The lowest BCUT2D eigenvalue weighted by Gasteiger charge is -2.17. The Kier molecular flexibility index (Phi) is 5.22. The number of amides is 1. The van der Waals surface area contributed by atoms with Crippen molar-refractivity contribution in [2.45, 2.75) is 39.0 Å². The van der Waals surface area contributed by atoms with E-state index >= 15 is 0 Å². The molecule has 92 valence electrons. The Morgan fingerprint density at radius 1 is 1.69 bits per heavy atom. The highest BCUT2D eigenvalue weighted by Gasteiger charge is 2.28. The van der Waals surface area contributed by atoms with E-state index in [0.29, 0.717) is 25.9 Å². The minimum Gasteiger partial charge on any atom is -0.415 e. The van der Waals surface area contributed by atoms with Crippen LogP contribution in [0.15, 0.2) is 0 Å². The maximum Gasteiger partial charge on any atom is 0.412 e. The summed E-state index contributed by atoms with van der Waals surface area (Å²) in [5.74, 6) is 0.203. The van der Waals surface area contributed by atoms with Crippen molar-refractivity contribution in [3.05, 3.63) is 0 Å². The van der Waals surface area contributed by atoms with Crippen LogP contribution >= 0.6 is 0 Å². The molecule has 4 nitrogen and oxygen atoms in total. The molecule has 0 aromatic heterocycles. The van der Waals surface area contributed by atoms with E-state index < -0.39 is 12.5 Å². The molecule has 0 saturated carbocycles. The first-order valence-corrected chi connectivity index (χ1v) is 5.70. The van der Waals surface area contributed by atoms with E-state index in [1.165, 1.54) is 4.90 Å². The van der Waals surface area contributed by atoms with Gasteiger partial charge in [0, 0.05) is 25.9 Å². The summed E-state index contributed by atoms with van der Waals surface area (Å²) in [5, 5.41) is 0. The number of hydrogen-bond acceptors (Lipinski definition) is 3. The number of alkyl halides is 1. The van der Waals surface area contributed by atoms with Crippen molar-refractivity contribution in [2.75, 3.05) is 13.1 Å². The Bertz CT molecular complexity index is 247. The van der Waals surface area contributed by atoms with Gasteiger partial charge in [-0.1, -0.05) is 6.92 Å². The molecule has 1 heterocycles. The second-order valence-electron chi connectivity index (χ2n) is 4.09. The zero-order valence-corrected chi connectivity index (χ0v) is 9.52. The normalized spacial score (nSPS) is 21.9. The van der Waals surface area contributed by atoms with Crippen molar-refractivity contribution in [3.63, 3.8) is 0 Å². The number of hydrogen-bond donors (Lipinski definition) is 0. The Balaban J connectivity index is 2.30. The summed E-state index contributed by atoms with van der Waals surface area (Å²) in [6.45, 7) is 2.88. The maximum atomic E-state index is 13.0. The Hall–Kier alpha value is -1.13. The summed E-state index contributed by atoms with van der Waals surface area (Å²) < 4.78 is 17.7. The molecule has 1 fully saturated rings. The quantitative estimate of drug-likeness (QED) is 0.681. The molecule has 0 N–H and O–H groups in total. The molecule has 1 amide bonds. The van der Waals surface area contributed by atoms with Gasteiger partial charge in [-0.2, -0.15) is 0 Å². The topological polar surface area (TPSA) is 46.6 Å². The molecule has 5 heteroatoms. The van der Waals surface area contributed by atoms with Gasteiger partial charge in [-0.05, 0) is 18.8 Å². The van der Waals surface area contributed by atoms with Gasteiger partial charge >= 0.3 is 6.09 Å². The summed E-state index contributed by atoms with van der Waals surface area (Å²) in [5.41, 5.74) is 0. The van der Waals surface area contributed by atoms with E-state index in [9.17, 15) is 14.0 Å². The second kappa shape index (κ2) is 6.45. The van der Waals surface area contributed by atoms with E-state index in [1.807, 2.05) is 6.92 Å². The van der Waals surface area contributed by atoms with Gasteiger partial charge < -0.3 is 14.4 Å². The minimum atomic E-state index is -1.51. The van der Waals surface area contributed by atoms with E-state index in [1.54, 1.807) is 0 Å². The predicted octanol–water partition coefficient (Wildman–Crippen LogP) is 2.13. The van der Waals surface area contributed by atoms with Crippen LogP contribution in [0.5, 0.6) is 0 Å². The molecule has 0 aromatic carbocycles. The van der Waals surface area contributed by atoms with Crippen LogP contribution in [0, 0.1) is 5.92 Å². The molecule has 2 unspecified atom stereocenters. The van der Waals surface area contributed by atoms with Gasteiger partial charge in [0.25, 0.3) is 0 Å². The minimum absolute atomic E-state index is 0.203. The van der Waals surface area contributed by atoms with Crippen molar-refractivity contribution in [2.24, 2.45) is 5.92 Å². The van der Waals surface area contributed by atoms with Gasteiger partial charge in [0.05, 0.1) is 0 Å². The predicted molar refractivity (Wildman–Crippen MR) is 56.6 cm³/mol. The van der Waals surface area contributed by atoms with Gasteiger partial charge in [-0.15, -0.1) is 0 Å². The third-order valence-electron chi connectivity index (χ3n) is 2.72. The standard InChI is InChI=1S/C11H18FNO3/c1-2-3-10(12)16-11(15)13-6-4-9(8-13)5-7-14/h7,9-10H,2-6,8H2,1H3. The molecule has 1 rings (SSSR count). The fourth-order valence-electron chi connectivity index (χ4n) is 1.80. The Morgan fingerprint density at radius 3 is 3.06 bits per heavy atom. The van der Waals surface area contributed by atoms with Gasteiger partial charge in [-0.25, -0.2) is 9.18 Å². The fraction of sp³-hybridized carbons (Fsp3) is 0.818. The average molecular weight is 231 g/mol. The lowest BCUT2D eigenvalue weighted by molar-refractivity contribution is -0.108. The largest absolute Gasteiger partial charge is 0.415 e. The summed E-state index contributed by atoms with van der Waals surface area (Å²) in [7, 11) is 0. The molecule has 1 saturated heterocycles. The molecule has 0 aliphatic carbocycles. The number of halogens is 1. The van der Waals surface area contributed by atoms with Crippen molar-refractivity contribution < 1.29 is 18.7 Å². The van der Waals surface area contributed by atoms with Crippen molar-refractivity contribution >= 4 is 12.4 Å². The monoisotopic (exact) mass is 231 g/mol. The first-order valence-electron chi connectivity index (χ1n) is 5.70. The van der Waals surface area contributed by atoms with Crippen molar-refractivity contribution in [1.82, 2.24) is 4.90 Å². The lowest BCUT2D eigenvalue weighted by Crippen LogP contribution is -2.31. The number of rotatable bonds is 5. The smallest absolute Gasteiger partial charge is 0.412 e. The summed E-state index contributed by atoms with van der Waals surface area (Å²) in [4.78, 5) is 23.2. The lowest BCUT2D eigenvalue weighted by atomic mass is 10.1. The average Bonchev–Trinajstić information content (AvgIpc) is 2.67. The molecule has 16 heavy (non-hydrogen) atoms. The number of aldehydes is 1. The summed E-state index contributed by atoms with van der Waals surface area (Å²) >= 11 is 0. The molecule has 1 aliphatic rings. The fourth-order valence-corrected chi connectivity index (χ4v) is 1.80. The van der Waals surface area contributed by atoms with Crippen LogP contribution in [0.1, 0.15) is 32.6 Å². The highest BCUT2D eigenvalue weighted by atomic mass is 19.1. The summed E-state index contributed by atoms with van der Waals surface area (Å²) in [6, 6.07) is 0. The molecule has 0 radical (unpaired) electrons. The summed E-state index contributed by atoms with van der Waals surface area (Å²) in [6.07, 6.45) is 0.863. The third kappa shape index (κ3) is 3.79. The number of carbonyl (C=O) groups excluding carboxylic acids is 2. The van der Waals surface area contributed by atoms with Gasteiger partial charge in [0.15, 0.2) is 0 Å².